The summed E-state index contributed by atoms with van der Waals surface area (Å²) in [6.07, 6.45) is 2.19. The van der Waals surface area contributed by atoms with Crippen LogP contribution in [0.1, 0.15) is 19.8 Å². The predicted molar refractivity (Wildman–Crippen MR) is 124 cm³/mol. The van der Waals surface area contributed by atoms with Crippen molar-refractivity contribution < 1.29 is 0 Å². The van der Waals surface area contributed by atoms with Gasteiger partial charge in [-0.1, -0.05) is 91.3 Å². The summed E-state index contributed by atoms with van der Waals surface area (Å²) >= 11 is 0. The Hall–Kier alpha value is -3.82. The second kappa shape index (κ2) is 7.54. The number of fused-ring (bicyclic) bond motifs is 6. The molecule has 0 aliphatic heterocycles. The first kappa shape index (κ1) is 18.2. The van der Waals surface area contributed by atoms with Crippen molar-refractivity contribution >= 4 is 38.3 Å². The van der Waals surface area contributed by atoms with Gasteiger partial charge in [0.25, 0.3) is 0 Å². The molecule has 146 valence electrons. The highest BCUT2D eigenvalue weighted by Gasteiger charge is 2.18. The van der Waals surface area contributed by atoms with Gasteiger partial charge in [-0.2, -0.15) is 0 Å². The van der Waals surface area contributed by atoms with Crippen LogP contribution < -0.4 is 0 Å². The molecule has 0 saturated carbocycles. The first-order valence-corrected chi connectivity index (χ1v) is 10.3. The number of nitrogens with zero attached hydrogens (tertiary/aromatic N) is 5. The molecule has 0 unspecified atom stereocenters. The van der Waals surface area contributed by atoms with Crippen molar-refractivity contribution in [3.05, 3.63) is 83.2 Å². The van der Waals surface area contributed by atoms with Gasteiger partial charge in [0.15, 0.2) is 0 Å². The summed E-state index contributed by atoms with van der Waals surface area (Å²) in [4.78, 5) is 8.02. The number of azide groups is 1. The highest BCUT2D eigenvalue weighted by molar-refractivity contribution is 6.23. The topological polar surface area (TPSA) is 66.6 Å². The van der Waals surface area contributed by atoms with Crippen LogP contribution in [-0.4, -0.2) is 9.55 Å². The molecule has 5 aromatic rings. The number of imidazole rings is 1. The fourth-order valence-electron chi connectivity index (χ4n) is 4.25. The minimum Gasteiger partial charge on any atom is -0.323 e. The number of unbranched alkanes of at least 4 members (excludes halogenated alkanes) is 1. The summed E-state index contributed by atoms with van der Waals surface area (Å²) in [5.74, 6) is 0.951. The largest absolute Gasteiger partial charge is 0.323 e. The normalized spacial score (nSPS) is 11.2. The zero-order valence-corrected chi connectivity index (χ0v) is 16.8. The van der Waals surface area contributed by atoms with E-state index >= 15 is 0 Å². The molecule has 0 N–H and O–H groups in total. The van der Waals surface area contributed by atoms with Crippen LogP contribution >= 0.6 is 0 Å². The SMILES string of the molecule is CCCCn1c(-c2ccc(N=[N+]=[N-])cc2)nc2c3ccccc3c3ccccc3c21. The van der Waals surface area contributed by atoms with Crippen molar-refractivity contribution in [1.82, 2.24) is 9.55 Å². The zero-order valence-electron chi connectivity index (χ0n) is 16.8. The van der Waals surface area contributed by atoms with Gasteiger partial charge in [0.1, 0.15) is 5.82 Å². The summed E-state index contributed by atoms with van der Waals surface area (Å²) in [5.41, 5.74) is 12.5. The maximum absolute atomic E-state index is 8.69. The minimum absolute atomic E-state index is 0.605. The molecule has 0 aliphatic carbocycles. The zero-order chi connectivity index (χ0) is 20.5. The molecule has 0 radical (unpaired) electrons. The maximum atomic E-state index is 8.69. The van der Waals surface area contributed by atoms with Crippen LogP contribution in [0.3, 0.4) is 0 Å². The summed E-state index contributed by atoms with van der Waals surface area (Å²) in [6.45, 7) is 3.11. The molecule has 0 amide bonds. The number of benzene rings is 4. The van der Waals surface area contributed by atoms with Crippen molar-refractivity contribution in [1.29, 1.82) is 0 Å². The van der Waals surface area contributed by atoms with E-state index in [0.717, 1.165) is 36.3 Å². The Morgan fingerprint density at radius 3 is 2.17 bits per heavy atom. The molecule has 5 rings (SSSR count). The maximum Gasteiger partial charge on any atom is 0.141 e. The molecular formula is C25H21N5. The lowest BCUT2D eigenvalue weighted by Gasteiger charge is -2.12. The highest BCUT2D eigenvalue weighted by Crippen LogP contribution is 2.37. The van der Waals surface area contributed by atoms with E-state index in [0.29, 0.717) is 5.69 Å². The number of aromatic nitrogens is 2. The van der Waals surface area contributed by atoms with E-state index in [4.69, 9.17) is 10.5 Å². The fourth-order valence-corrected chi connectivity index (χ4v) is 4.25. The molecule has 0 saturated heterocycles. The molecule has 0 bridgehead atoms. The second-order valence-electron chi connectivity index (χ2n) is 7.47. The van der Waals surface area contributed by atoms with E-state index in [2.05, 4.69) is 70.0 Å². The van der Waals surface area contributed by atoms with Gasteiger partial charge in [0.2, 0.25) is 0 Å². The number of rotatable bonds is 5. The Bertz CT molecular complexity index is 1420. The highest BCUT2D eigenvalue weighted by atomic mass is 15.1. The average Bonchev–Trinajstić information content (AvgIpc) is 3.18. The van der Waals surface area contributed by atoms with Crippen molar-refractivity contribution in [2.75, 3.05) is 0 Å². The third-order valence-electron chi connectivity index (χ3n) is 5.64. The molecule has 1 aromatic heterocycles. The standard InChI is InChI=1S/C25H21N5/c1-2-3-16-30-24-22-11-7-5-9-20(22)19-8-4-6-10-21(19)23(24)27-25(30)17-12-14-18(15-13-17)28-29-26/h4-15H,2-3,16H2,1H3. The van der Waals surface area contributed by atoms with Gasteiger partial charge in [-0.15, -0.1) is 0 Å². The Labute approximate surface area is 174 Å². The van der Waals surface area contributed by atoms with Crippen LogP contribution in [0.25, 0.3) is 54.4 Å². The molecule has 0 spiro atoms. The first-order chi connectivity index (χ1) is 14.8. The third kappa shape index (κ3) is 2.88. The Morgan fingerprint density at radius 1 is 0.867 bits per heavy atom. The van der Waals surface area contributed by atoms with Crippen LogP contribution in [0.4, 0.5) is 5.69 Å². The number of hydrogen-bond donors (Lipinski definition) is 0. The van der Waals surface area contributed by atoms with Crippen molar-refractivity contribution in [2.45, 2.75) is 26.3 Å². The molecule has 5 nitrogen and oxygen atoms in total. The second-order valence-corrected chi connectivity index (χ2v) is 7.47. The molecular weight excluding hydrogens is 370 g/mol. The van der Waals surface area contributed by atoms with E-state index in [1.165, 1.54) is 27.1 Å². The predicted octanol–water partition coefficient (Wildman–Crippen LogP) is 7.75. The van der Waals surface area contributed by atoms with Crippen LogP contribution in [0.5, 0.6) is 0 Å². The number of hydrogen-bond acceptors (Lipinski definition) is 2. The summed E-state index contributed by atoms with van der Waals surface area (Å²) in [5, 5.41) is 8.58. The van der Waals surface area contributed by atoms with Gasteiger partial charge in [0, 0.05) is 33.5 Å². The van der Waals surface area contributed by atoms with Crippen molar-refractivity contribution in [2.24, 2.45) is 5.11 Å². The third-order valence-corrected chi connectivity index (χ3v) is 5.64. The Kier molecular flexibility index (Phi) is 4.58. The Morgan fingerprint density at radius 2 is 1.50 bits per heavy atom. The smallest absolute Gasteiger partial charge is 0.141 e. The van der Waals surface area contributed by atoms with E-state index in [-0.39, 0.29) is 0 Å². The van der Waals surface area contributed by atoms with Crippen LogP contribution in [0, 0.1) is 0 Å². The van der Waals surface area contributed by atoms with Gasteiger partial charge >= 0.3 is 0 Å². The quantitative estimate of drug-likeness (QED) is 0.131. The van der Waals surface area contributed by atoms with Crippen LogP contribution in [0.2, 0.25) is 0 Å². The lowest BCUT2D eigenvalue weighted by molar-refractivity contribution is 0.652. The molecule has 0 fully saturated rings. The van der Waals surface area contributed by atoms with Gasteiger partial charge in [0.05, 0.1) is 11.0 Å². The van der Waals surface area contributed by atoms with Crippen molar-refractivity contribution in [3.63, 3.8) is 0 Å². The van der Waals surface area contributed by atoms with Gasteiger partial charge in [-0.05, 0) is 22.7 Å². The average molecular weight is 391 g/mol. The van der Waals surface area contributed by atoms with Crippen LogP contribution in [-0.2, 0) is 6.54 Å². The number of aryl methyl sites for hydroxylation is 1. The van der Waals surface area contributed by atoms with Crippen molar-refractivity contribution in [3.8, 4) is 11.4 Å². The summed E-state index contributed by atoms with van der Waals surface area (Å²) in [6, 6.07) is 24.8. The summed E-state index contributed by atoms with van der Waals surface area (Å²) in [7, 11) is 0. The van der Waals surface area contributed by atoms with E-state index in [9.17, 15) is 0 Å². The summed E-state index contributed by atoms with van der Waals surface area (Å²) < 4.78 is 2.36. The van der Waals surface area contributed by atoms with E-state index in [1.54, 1.807) is 0 Å². The Balaban J connectivity index is 1.88. The molecule has 0 atom stereocenters. The van der Waals surface area contributed by atoms with E-state index < -0.39 is 0 Å². The first-order valence-electron chi connectivity index (χ1n) is 10.3. The lowest BCUT2D eigenvalue weighted by atomic mass is 10.00. The molecule has 1 heterocycles. The lowest BCUT2D eigenvalue weighted by Crippen LogP contribution is -2.01. The van der Waals surface area contributed by atoms with Gasteiger partial charge in [-0.3, -0.25) is 0 Å². The van der Waals surface area contributed by atoms with Gasteiger partial charge < -0.3 is 4.57 Å². The molecule has 0 aliphatic rings. The molecule has 30 heavy (non-hydrogen) atoms. The fraction of sp³-hybridized carbons (Fsp3) is 0.160. The molecule has 4 aromatic carbocycles. The minimum atomic E-state index is 0.605. The van der Waals surface area contributed by atoms with E-state index in [1.807, 2.05) is 24.3 Å². The molecule has 5 heteroatoms. The van der Waals surface area contributed by atoms with Gasteiger partial charge in [-0.25, -0.2) is 4.98 Å². The van der Waals surface area contributed by atoms with Crippen LogP contribution in [0.15, 0.2) is 77.9 Å². The monoisotopic (exact) mass is 391 g/mol.